The van der Waals surface area contributed by atoms with Crippen molar-refractivity contribution in [3.8, 4) is 17.5 Å². The molecular weight excluding hydrogens is 340 g/mol. The summed E-state index contributed by atoms with van der Waals surface area (Å²) in [7, 11) is 0. The molecule has 0 unspecified atom stereocenters. The highest BCUT2D eigenvalue weighted by atomic mass is 15.3. The van der Waals surface area contributed by atoms with Crippen molar-refractivity contribution >= 4 is 22.4 Å². The van der Waals surface area contributed by atoms with Gasteiger partial charge >= 0.3 is 0 Å². The zero-order valence-electron chi connectivity index (χ0n) is 15.2. The normalized spacial score (nSPS) is 11.1. The summed E-state index contributed by atoms with van der Waals surface area (Å²) in [6, 6.07) is 6.14. The molecule has 0 spiro atoms. The lowest BCUT2D eigenvalue weighted by Crippen LogP contribution is -2.02. The van der Waals surface area contributed by atoms with Crippen LogP contribution in [0.5, 0.6) is 0 Å². The summed E-state index contributed by atoms with van der Waals surface area (Å²) in [5.74, 6) is 0.671. The fraction of sp³-hybridized carbons (Fsp3) is 0.211. The van der Waals surface area contributed by atoms with Gasteiger partial charge in [0.05, 0.1) is 34.9 Å². The maximum Gasteiger partial charge on any atom is 0.133 e. The van der Waals surface area contributed by atoms with Crippen LogP contribution >= 0.6 is 0 Å². The topological polar surface area (TPSA) is 108 Å². The molecule has 0 aliphatic heterocycles. The number of pyridine rings is 2. The minimum atomic E-state index is 0.252. The van der Waals surface area contributed by atoms with Crippen LogP contribution in [0.25, 0.3) is 22.3 Å². The molecule has 4 rings (SSSR count). The zero-order chi connectivity index (χ0) is 19.0. The van der Waals surface area contributed by atoms with E-state index >= 15 is 0 Å². The fourth-order valence-corrected chi connectivity index (χ4v) is 2.96. The van der Waals surface area contributed by atoms with Gasteiger partial charge < -0.3 is 5.32 Å². The van der Waals surface area contributed by atoms with E-state index in [9.17, 15) is 0 Å². The highest BCUT2D eigenvalue weighted by molar-refractivity contribution is 5.84. The predicted octanol–water partition coefficient (Wildman–Crippen LogP) is 3.72. The number of H-pyrrole nitrogens is 1. The maximum absolute atomic E-state index is 8.99. The Balaban J connectivity index is 1.73. The number of fused-ring (bicyclic) bond motifs is 1. The molecule has 4 heterocycles. The number of aromatic nitrogens is 6. The summed E-state index contributed by atoms with van der Waals surface area (Å²) in [6.45, 7) is 6.09. The molecule has 0 atom stereocenters. The Morgan fingerprint density at radius 1 is 1.15 bits per heavy atom. The third-order valence-corrected chi connectivity index (χ3v) is 4.33. The standard InChI is InChI=1S/C19H18N8/c1-11(2)27-17-5-15(21-8-14(17)9-24-27)18-16(10-23-26-18)25-19-12(3)4-13(6-20)7-22-19/h4-5,7-11H,1-3H3,(H,22,25)(H,23,26). The number of hydrogen-bond acceptors (Lipinski definition) is 6. The van der Waals surface area contributed by atoms with Crippen LogP contribution in [0.4, 0.5) is 11.5 Å². The van der Waals surface area contributed by atoms with E-state index < -0.39 is 0 Å². The van der Waals surface area contributed by atoms with Crippen LogP contribution in [-0.4, -0.2) is 29.9 Å². The lowest BCUT2D eigenvalue weighted by molar-refractivity contribution is 0.551. The Morgan fingerprint density at radius 3 is 2.74 bits per heavy atom. The molecule has 27 heavy (non-hydrogen) atoms. The van der Waals surface area contributed by atoms with E-state index in [1.54, 1.807) is 18.5 Å². The van der Waals surface area contributed by atoms with Gasteiger partial charge in [0.15, 0.2) is 0 Å². The lowest BCUT2D eigenvalue weighted by atomic mass is 10.2. The summed E-state index contributed by atoms with van der Waals surface area (Å²) in [5, 5.41) is 24.8. The number of nitriles is 1. The smallest absolute Gasteiger partial charge is 0.133 e. The molecule has 8 nitrogen and oxygen atoms in total. The minimum absolute atomic E-state index is 0.252. The minimum Gasteiger partial charge on any atom is -0.337 e. The molecular formula is C19H18N8. The monoisotopic (exact) mass is 358 g/mol. The molecule has 0 aliphatic carbocycles. The first-order valence-corrected chi connectivity index (χ1v) is 8.57. The molecule has 0 saturated heterocycles. The Hall–Kier alpha value is -3.73. The molecule has 0 aliphatic rings. The van der Waals surface area contributed by atoms with Crippen LogP contribution in [0.1, 0.15) is 31.0 Å². The van der Waals surface area contributed by atoms with Gasteiger partial charge in [-0.2, -0.15) is 15.5 Å². The maximum atomic E-state index is 8.99. The number of rotatable bonds is 4. The average molecular weight is 358 g/mol. The molecule has 0 amide bonds. The van der Waals surface area contributed by atoms with Crippen LogP contribution in [0, 0.1) is 18.3 Å². The van der Waals surface area contributed by atoms with Gasteiger partial charge in [0.2, 0.25) is 0 Å². The van der Waals surface area contributed by atoms with Gasteiger partial charge in [0.1, 0.15) is 17.6 Å². The van der Waals surface area contributed by atoms with Crippen LogP contribution in [-0.2, 0) is 0 Å². The zero-order valence-corrected chi connectivity index (χ0v) is 15.2. The van der Waals surface area contributed by atoms with Gasteiger partial charge in [0.25, 0.3) is 0 Å². The molecule has 8 heteroatoms. The van der Waals surface area contributed by atoms with E-state index in [2.05, 4.69) is 50.5 Å². The number of hydrogen-bond donors (Lipinski definition) is 2. The first-order chi connectivity index (χ1) is 13.1. The molecule has 2 N–H and O–H groups in total. The highest BCUT2D eigenvalue weighted by Gasteiger charge is 2.14. The predicted molar refractivity (Wildman–Crippen MR) is 102 cm³/mol. The Kier molecular flexibility index (Phi) is 4.05. The van der Waals surface area contributed by atoms with Crippen molar-refractivity contribution in [1.29, 1.82) is 5.26 Å². The van der Waals surface area contributed by atoms with Crippen molar-refractivity contribution in [3.05, 3.63) is 48.0 Å². The van der Waals surface area contributed by atoms with Gasteiger partial charge in [-0.05, 0) is 38.5 Å². The van der Waals surface area contributed by atoms with Crippen LogP contribution < -0.4 is 5.32 Å². The summed E-state index contributed by atoms with van der Waals surface area (Å²) < 4.78 is 1.97. The van der Waals surface area contributed by atoms with Gasteiger partial charge in [-0.25, -0.2) is 4.98 Å². The summed E-state index contributed by atoms with van der Waals surface area (Å²) in [5.41, 5.74) is 4.71. The molecule has 0 bridgehead atoms. The van der Waals surface area contributed by atoms with E-state index in [0.717, 1.165) is 33.5 Å². The van der Waals surface area contributed by atoms with Gasteiger partial charge in [-0.1, -0.05) is 0 Å². The highest BCUT2D eigenvalue weighted by Crippen LogP contribution is 2.29. The second-order valence-corrected chi connectivity index (χ2v) is 6.60. The fourth-order valence-electron chi connectivity index (χ4n) is 2.96. The summed E-state index contributed by atoms with van der Waals surface area (Å²) in [4.78, 5) is 8.87. The first kappa shape index (κ1) is 16.7. The van der Waals surface area contributed by atoms with Gasteiger partial charge in [-0.15, -0.1) is 0 Å². The molecule has 0 saturated carbocycles. The van der Waals surface area contributed by atoms with E-state index in [4.69, 9.17) is 5.26 Å². The van der Waals surface area contributed by atoms with Crippen molar-refractivity contribution in [1.82, 2.24) is 29.9 Å². The third-order valence-electron chi connectivity index (χ3n) is 4.33. The summed E-state index contributed by atoms with van der Waals surface area (Å²) in [6.07, 6.45) is 6.87. The molecule has 134 valence electrons. The Labute approximate surface area is 155 Å². The quantitative estimate of drug-likeness (QED) is 0.575. The molecule has 0 fully saturated rings. The second-order valence-electron chi connectivity index (χ2n) is 6.60. The van der Waals surface area contributed by atoms with Gasteiger partial charge in [0, 0.05) is 23.8 Å². The number of aryl methyl sites for hydroxylation is 1. The van der Waals surface area contributed by atoms with E-state index in [1.807, 2.05) is 30.1 Å². The van der Waals surface area contributed by atoms with E-state index in [1.165, 1.54) is 0 Å². The largest absolute Gasteiger partial charge is 0.337 e. The molecule has 0 radical (unpaired) electrons. The molecule has 4 aromatic heterocycles. The van der Waals surface area contributed by atoms with E-state index in [-0.39, 0.29) is 6.04 Å². The van der Waals surface area contributed by atoms with Crippen LogP contribution in [0.2, 0.25) is 0 Å². The van der Waals surface area contributed by atoms with E-state index in [0.29, 0.717) is 11.4 Å². The Morgan fingerprint density at radius 2 is 2.00 bits per heavy atom. The molecule has 4 aromatic rings. The SMILES string of the molecule is Cc1cc(C#N)cnc1Nc1cn[nH]c1-c1cc2c(cn1)cnn2C(C)C. The number of nitrogens with zero attached hydrogens (tertiary/aromatic N) is 6. The van der Waals surface area contributed by atoms with Crippen molar-refractivity contribution < 1.29 is 0 Å². The number of nitrogens with one attached hydrogen (secondary N) is 2. The van der Waals surface area contributed by atoms with Gasteiger partial charge in [-0.3, -0.25) is 14.8 Å². The summed E-state index contributed by atoms with van der Waals surface area (Å²) >= 11 is 0. The first-order valence-electron chi connectivity index (χ1n) is 8.57. The van der Waals surface area contributed by atoms with Crippen LogP contribution in [0.3, 0.4) is 0 Å². The van der Waals surface area contributed by atoms with Crippen molar-refractivity contribution in [3.63, 3.8) is 0 Å². The van der Waals surface area contributed by atoms with Crippen molar-refractivity contribution in [2.75, 3.05) is 5.32 Å². The average Bonchev–Trinajstić information content (AvgIpc) is 3.29. The third kappa shape index (κ3) is 3.00. The lowest BCUT2D eigenvalue weighted by Gasteiger charge is -2.10. The van der Waals surface area contributed by atoms with Crippen molar-refractivity contribution in [2.24, 2.45) is 0 Å². The number of aromatic amines is 1. The Bertz CT molecular complexity index is 1160. The molecule has 0 aromatic carbocycles. The second kappa shape index (κ2) is 6.53. The van der Waals surface area contributed by atoms with Crippen molar-refractivity contribution in [2.45, 2.75) is 26.8 Å². The number of anilines is 2. The van der Waals surface area contributed by atoms with Crippen LogP contribution in [0.15, 0.2) is 36.9 Å².